The number of amides is 2. The van der Waals surface area contributed by atoms with Crippen molar-refractivity contribution >= 4 is 24.0 Å². The van der Waals surface area contributed by atoms with Gasteiger partial charge in [0, 0.05) is 5.56 Å². The molecule has 1 aliphatic heterocycles. The molecule has 3 aliphatic rings. The van der Waals surface area contributed by atoms with Crippen LogP contribution in [-0.4, -0.2) is 49.3 Å². The Labute approximate surface area is 186 Å². The Morgan fingerprint density at radius 2 is 1.91 bits per heavy atom. The van der Waals surface area contributed by atoms with E-state index in [0.29, 0.717) is 23.5 Å². The summed E-state index contributed by atoms with van der Waals surface area (Å²) < 4.78 is 16.0. The van der Waals surface area contributed by atoms with Crippen molar-refractivity contribution in [3.05, 3.63) is 48.1 Å². The van der Waals surface area contributed by atoms with Crippen LogP contribution in [0.5, 0.6) is 11.5 Å². The topological polar surface area (TPSA) is 94.5 Å². The van der Waals surface area contributed by atoms with Crippen LogP contribution in [-0.2, 0) is 25.5 Å². The summed E-state index contributed by atoms with van der Waals surface area (Å²) in [4.78, 5) is 37.3. The zero-order valence-corrected chi connectivity index (χ0v) is 18.2. The molecule has 32 heavy (non-hydrogen) atoms. The molecular weight excluding hydrogens is 412 g/mol. The Morgan fingerprint density at radius 1 is 1.22 bits per heavy atom. The molecule has 4 atom stereocenters. The first-order chi connectivity index (χ1) is 15.5. The Bertz CT molecular complexity index is 984. The van der Waals surface area contributed by atoms with Crippen molar-refractivity contribution in [3.8, 4) is 11.5 Å². The molecule has 8 nitrogen and oxygen atoms in total. The third-order valence-corrected chi connectivity index (χ3v) is 6.15. The second kappa shape index (κ2) is 8.98. The molecular formula is C24H26N2O6. The fraction of sp³-hybridized carbons (Fsp3) is 0.417. The van der Waals surface area contributed by atoms with Crippen LogP contribution in [0.2, 0.25) is 0 Å². The van der Waals surface area contributed by atoms with E-state index in [9.17, 15) is 14.4 Å². The maximum absolute atomic E-state index is 12.8. The molecule has 8 heteroatoms. The van der Waals surface area contributed by atoms with E-state index in [4.69, 9.17) is 14.2 Å². The lowest BCUT2D eigenvalue weighted by molar-refractivity contribution is -0.145. The van der Waals surface area contributed by atoms with Crippen LogP contribution in [0.3, 0.4) is 0 Å². The molecule has 2 bridgehead atoms. The number of hydrogen-bond donors (Lipinski definition) is 0. The number of rotatable bonds is 9. The number of nitrogens with zero attached hydrogens (tertiary/aromatic N) is 2. The van der Waals surface area contributed by atoms with Gasteiger partial charge in [0.05, 0.1) is 31.8 Å². The average molecular weight is 438 g/mol. The highest BCUT2D eigenvalue weighted by Gasteiger charge is 2.59. The van der Waals surface area contributed by atoms with Gasteiger partial charge in [-0.3, -0.25) is 9.59 Å². The smallest absolute Gasteiger partial charge is 0.344 e. The predicted octanol–water partition coefficient (Wildman–Crippen LogP) is 2.51. The highest BCUT2D eigenvalue weighted by molar-refractivity contribution is 6.06. The number of allylic oxidation sites excluding steroid dienone is 3. The van der Waals surface area contributed by atoms with E-state index in [1.54, 1.807) is 25.1 Å². The predicted molar refractivity (Wildman–Crippen MR) is 116 cm³/mol. The number of imide groups is 1. The van der Waals surface area contributed by atoms with Gasteiger partial charge in [-0.05, 0) is 49.3 Å². The monoisotopic (exact) mass is 438 g/mol. The van der Waals surface area contributed by atoms with Gasteiger partial charge in [0.2, 0.25) is 0 Å². The summed E-state index contributed by atoms with van der Waals surface area (Å²) in [6, 6.07) is 3.47. The molecule has 1 saturated heterocycles. The first-order valence-corrected chi connectivity index (χ1v) is 10.7. The molecule has 168 valence electrons. The zero-order valence-electron chi connectivity index (χ0n) is 18.2. The molecule has 2 fully saturated rings. The van der Waals surface area contributed by atoms with E-state index >= 15 is 0 Å². The van der Waals surface area contributed by atoms with Gasteiger partial charge in [-0.25, -0.2) is 4.79 Å². The van der Waals surface area contributed by atoms with Crippen LogP contribution < -0.4 is 9.47 Å². The van der Waals surface area contributed by atoms with Crippen LogP contribution >= 0.6 is 0 Å². The van der Waals surface area contributed by atoms with Gasteiger partial charge < -0.3 is 14.2 Å². The van der Waals surface area contributed by atoms with E-state index in [0.717, 1.165) is 17.0 Å². The summed E-state index contributed by atoms with van der Waals surface area (Å²) in [5.41, 5.74) is 1.35. The van der Waals surface area contributed by atoms with Crippen molar-refractivity contribution < 1.29 is 28.6 Å². The van der Waals surface area contributed by atoms with Gasteiger partial charge in [0.1, 0.15) is 0 Å². The summed E-state index contributed by atoms with van der Waals surface area (Å²) in [6.45, 7) is 5.50. The second-order valence-electron chi connectivity index (χ2n) is 8.03. The number of carbonyl (C=O) groups is 3. The minimum atomic E-state index is -0.482. The van der Waals surface area contributed by atoms with Gasteiger partial charge in [-0.2, -0.15) is 10.1 Å². The van der Waals surface area contributed by atoms with Gasteiger partial charge in [0.25, 0.3) is 11.8 Å². The Balaban J connectivity index is 1.56. The summed E-state index contributed by atoms with van der Waals surface area (Å²) in [6.07, 6.45) is 8.59. The van der Waals surface area contributed by atoms with E-state index in [-0.39, 0.29) is 48.7 Å². The first kappa shape index (κ1) is 21.8. The minimum absolute atomic E-state index is 0.136. The molecule has 1 aromatic rings. The maximum Gasteiger partial charge on any atom is 0.344 e. The lowest BCUT2D eigenvalue weighted by Crippen LogP contribution is -2.28. The molecule has 1 aromatic carbocycles. The van der Waals surface area contributed by atoms with E-state index in [1.807, 2.05) is 12.2 Å². The number of benzene rings is 1. The van der Waals surface area contributed by atoms with Crippen LogP contribution in [0.15, 0.2) is 42.0 Å². The lowest BCUT2D eigenvalue weighted by atomic mass is 9.85. The second-order valence-corrected chi connectivity index (χ2v) is 8.03. The van der Waals surface area contributed by atoms with E-state index in [2.05, 4.69) is 11.7 Å². The van der Waals surface area contributed by atoms with E-state index in [1.165, 1.54) is 13.3 Å². The number of carbonyl (C=O) groups excluding carboxylic acids is 3. The Hall–Kier alpha value is -3.42. The Morgan fingerprint density at radius 3 is 2.50 bits per heavy atom. The van der Waals surface area contributed by atoms with Crippen molar-refractivity contribution in [2.24, 2.45) is 28.8 Å². The summed E-state index contributed by atoms with van der Waals surface area (Å²) >= 11 is 0. The normalized spacial score (nSPS) is 25.5. The molecule has 2 amide bonds. The zero-order chi connectivity index (χ0) is 22.8. The average Bonchev–Trinajstić information content (AvgIpc) is 3.46. The maximum atomic E-state index is 12.8. The highest BCUT2D eigenvalue weighted by atomic mass is 16.6. The number of methoxy groups -OCH3 is 1. The third-order valence-electron chi connectivity index (χ3n) is 6.15. The SMILES string of the molecule is C=CCc1cc(C=NN2C(=O)[C@@H]3[C@H](C2=O)[C@H]2C=C[C@H]3C2)cc(OC)c1OCC(=O)OCC. The number of fused-ring (bicyclic) bond motifs is 5. The quantitative estimate of drug-likeness (QED) is 0.255. The van der Waals surface area contributed by atoms with Crippen molar-refractivity contribution in [2.45, 2.75) is 19.8 Å². The van der Waals surface area contributed by atoms with Gasteiger partial charge >= 0.3 is 5.97 Å². The molecule has 2 aliphatic carbocycles. The summed E-state index contributed by atoms with van der Waals surface area (Å²) in [5.74, 6) is -0.463. The largest absolute Gasteiger partial charge is 0.493 e. The number of hydrazone groups is 1. The Kier molecular flexibility index (Phi) is 6.12. The first-order valence-electron chi connectivity index (χ1n) is 10.7. The summed E-state index contributed by atoms with van der Waals surface area (Å²) in [7, 11) is 1.49. The molecule has 1 heterocycles. The standard InChI is InChI=1S/C24H26N2O6/c1-4-6-17-9-14(10-18(30-3)22(17)32-13-19(27)31-5-2)12-25-26-23(28)20-15-7-8-16(11-15)21(20)24(26)29/h4,7-10,12,15-16,20-21H,1,5-6,11,13H2,2-3H3/t15-,16-,20-,21+/m0/s1. The van der Waals surface area contributed by atoms with Crippen LogP contribution in [0.4, 0.5) is 0 Å². The van der Waals surface area contributed by atoms with Crippen molar-refractivity contribution in [1.82, 2.24) is 5.01 Å². The van der Waals surface area contributed by atoms with Gasteiger partial charge in [-0.1, -0.05) is 18.2 Å². The number of esters is 1. The van der Waals surface area contributed by atoms with Crippen LogP contribution in [0.1, 0.15) is 24.5 Å². The van der Waals surface area contributed by atoms with Crippen LogP contribution in [0, 0.1) is 23.7 Å². The fourth-order valence-corrected chi connectivity index (χ4v) is 4.84. The fourth-order valence-electron chi connectivity index (χ4n) is 4.84. The van der Waals surface area contributed by atoms with E-state index < -0.39 is 5.97 Å². The van der Waals surface area contributed by atoms with Crippen molar-refractivity contribution in [2.75, 3.05) is 20.3 Å². The third kappa shape index (κ3) is 3.81. The van der Waals surface area contributed by atoms with Crippen LogP contribution in [0.25, 0.3) is 0 Å². The van der Waals surface area contributed by atoms with Gasteiger partial charge in [-0.15, -0.1) is 6.58 Å². The molecule has 0 spiro atoms. The van der Waals surface area contributed by atoms with Crippen molar-refractivity contribution in [1.29, 1.82) is 0 Å². The summed E-state index contributed by atoms with van der Waals surface area (Å²) in [5, 5.41) is 5.23. The number of ether oxygens (including phenoxy) is 3. The molecule has 0 unspecified atom stereocenters. The lowest BCUT2D eigenvalue weighted by Gasteiger charge is -2.15. The molecule has 0 radical (unpaired) electrons. The van der Waals surface area contributed by atoms with Gasteiger partial charge in [0.15, 0.2) is 18.1 Å². The number of hydrogen-bond acceptors (Lipinski definition) is 7. The molecule has 1 saturated carbocycles. The molecule has 4 rings (SSSR count). The highest BCUT2D eigenvalue weighted by Crippen LogP contribution is 2.52. The molecule has 0 aromatic heterocycles. The minimum Gasteiger partial charge on any atom is -0.493 e. The van der Waals surface area contributed by atoms with Crippen molar-refractivity contribution in [3.63, 3.8) is 0 Å². The molecule has 0 N–H and O–H groups in total.